The van der Waals surface area contributed by atoms with Crippen molar-refractivity contribution in [2.75, 3.05) is 26.3 Å². The predicted molar refractivity (Wildman–Crippen MR) is 180 cm³/mol. The standard InChI is InChI=1S/C34H33N5O3S2/c1-22-10-9-13-28(23(22)2)36-34-39(29(21-44-34)25-16-30(40-3)33(42-5)31(17-25)41-4)35-18-26-19-38(27-11-7-6-8-12-27)37-32(26)24-14-15-43-20-24/h6-21,32,37H,1-5H3/b35-18+,36-34?. The molecule has 224 valence electrons. The minimum atomic E-state index is -0.0616. The van der Waals surface area contributed by atoms with Crippen molar-refractivity contribution >= 4 is 40.3 Å². The Morgan fingerprint density at radius 3 is 2.34 bits per heavy atom. The number of aromatic nitrogens is 1. The Hall–Kier alpha value is -4.64. The molecule has 0 saturated carbocycles. The molecule has 0 amide bonds. The minimum absolute atomic E-state index is 0.0616. The summed E-state index contributed by atoms with van der Waals surface area (Å²) in [5.41, 5.74) is 11.8. The molecule has 8 nitrogen and oxygen atoms in total. The SMILES string of the molecule is COc1cc(-c2csc(=Nc3cccc(C)c3C)n2/N=C/C2=CN(c3ccccc3)NC2c2ccsc2)cc(OC)c1OC. The second kappa shape index (κ2) is 12.9. The molecule has 44 heavy (non-hydrogen) atoms. The zero-order valence-corrected chi connectivity index (χ0v) is 26.8. The Balaban J connectivity index is 1.50. The fraction of sp³-hybridized carbons (Fsp3) is 0.176. The zero-order valence-electron chi connectivity index (χ0n) is 25.1. The number of nitrogens with zero attached hydrogens (tertiary/aromatic N) is 4. The lowest BCUT2D eigenvalue weighted by atomic mass is 10.1. The fourth-order valence-corrected chi connectivity index (χ4v) is 6.56. The predicted octanol–water partition coefficient (Wildman–Crippen LogP) is 7.64. The monoisotopic (exact) mass is 623 g/mol. The lowest BCUT2D eigenvalue weighted by Gasteiger charge is -2.19. The highest BCUT2D eigenvalue weighted by Gasteiger charge is 2.26. The molecule has 3 aromatic carbocycles. The summed E-state index contributed by atoms with van der Waals surface area (Å²) < 4.78 is 18.8. The summed E-state index contributed by atoms with van der Waals surface area (Å²) in [5, 5.41) is 13.4. The highest BCUT2D eigenvalue weighted by molar-refractivity contribution is 7.08. The van der Waals surface area contributed by atoms with Gasteiger partial charge in [0.2, 0.25) is 10.6 Å². The average Bonchev–Trinajstić information content (AvgIpc) is 3.82. The van der Waals surface area contributed by atoms with E-state index in [2.05, 4.69) is 65.9 Å². The quantitative estimate of drug-likeness (QED) is 0.171. The van der Waals surface area contributed by atoms with Gasteiger partial charge in [-0.05, 0) is 77.7 Å². The largest absolute Gasteiger partial charge is 0.493 e. The van der Waals surface area contributed by atoms with Gasteiger partial charge >= 0.3 is 0 Å². The van der Waals surface area contributed by atoms with Gasteiger partial charge in [0.25, 0.3) is 0 Å². The topological polar surface area (TPSA) is 72.6 Å². The van der Waals surface area contributed by atoms with Crippen molar-refractivity contribution in [3.8, 4) is 28.5 Å². The zero-order chi connectivity index (χ0) is 30.6. The highest BCUT2D eigenvalue weighted by atomic mass is 32.1. The van der Waals surface area contributed by atoms with Gasteiger partial charge in [-0.1, -0.05) is 30.3 Å². The smallest absolute Gasteiger partial charge is 0.211 e. The number of thiophene rings is 1. The number of benzene rings is 3. The number of aryl methyl sites for hydroxylation is 1. The van der Waals surface area contributed by atoms with E-state index >= 15 is 0 Å². The van der Waals surface area contributed by atoms with Crippen molar-refractivity contribution in [3.63, 3.8) is 0 Å². The normalized spacial score (nSPS) is 15.2. The molecule has 1 aliphatic rings. The first kappa shape index (κ1) is 29.4. The third kappa shape index (κ3) is 5.79. The number of para-hydroxylation sites is 1. The highest BCUT2D eigenvalue weighted by Crippen LogP contribution is 2.41. The molecule has 0 saturated heterocycles. The first-order valence-electron chi connectivity index (χ1n) is 14.0. The average molecular weight is 624 g/mol. The molecule has 1 atom stereocenters. The van der Waals surface area contributed by atoms with E-state index < -0.39 is 0 Å². The van der Waals surface area contributed by atoms with E-state index in [-0.39, 0.29) is 6.04 Å². The first-order valence-corrected chi connectivity index (χ1v) is 15.8. The molecule has 0 spiro atoms. The van der Waals surface area contributed by atoms with Gasteiger partial charge in [-0.2, -0.15) is 16.4 Å². The van der Waals surface area contributed by atoms with Crippen LogP contribution in [0.2, 0.25) is 0 Å². The Morgan fingerprint density at radius 2 is 1.66 bits per heavy atom. The summed E-state index contributed by atoms with van der Waals surface area (Å²) in [5.74, 6) is 1.66. The molecule has 0 radical (unpaired) electrons. The number of thiazole rings is 1. The van der Waals surface area contributed by atoms with Crippen molar-refractivity contribution < 1.29 is 14.2 Å². The van der Waals surface area contributed by atoms with Crippen LogP contribution in [0.1, 0.15) is 22.7 Å². The van der Waals surface area contributed by atoms with E-state index in [0.29, 0.717) is 17.2 Å². The molecule has 1 N–H and O–H groups in total. The Bertz CT molecular complexity index is 1870. The number of ether oxygens (including phenoxy) is 3. The molecule has 2 aromatic heterocycles. The molecule has 0 aliphatic carbocycles. The van der Waals surface area contributed by atoms with Crippen LogP contribution < -0.4 is 29.4 Å². The van der Waals surface area contributed by atoms with Gasteiger partial charge in [-0.3, -0.25) is 5.01 Å². The molecular formula is C34H33N5O3S2. The Labute approximate surface area is 264 Å². The maximum Gasteiger partial charge on any atom is 0.211 e. The summed E-state index contributed by atoms with van der Waals surface area (Å²) in [6, 6.07) is 22.3. The van der Waals surface area contributed by atoms with Gasteiger partial charge in [-0.15, -0.1) is 11.3 Å². The fourth-order valence-electron chi connectivity index (χ4n) is 5.03. The Kier molecular flexibility index (Phi) is 8.65. The summed E-state index contributed by atoms with van der Waals surface area (Å²) in [4.78, 5) is 5.81. The van der Waals surface area contributed by atoms with Gasteiger partial charge in [-0.25, -0.2) is 15.1 Å². The number of methoxy groups -OCH3 is 3. The van der Waals surface area contributed by atoms with Gasteiger partial charge in [0.1, 0.15) is 0 Å². The second-order valence-electron chi connectivity index (χ2n) is 10.2. The molecule has 6 rings (SSSR count). The van der Waals surface area contributed by atoms with Crippen LogP contribution >= 0.6 is 22.7 Å². The van der Waals surface area contributed by atoms with Crippen LogP contribution in [-0.4, -0.2) is 32.2 Å². The lowest BCUT2D eigenvalue weighted by Crippen LogP contribution is -2.31. The van der Waals surface area contributed by atoms with Crippen LogP contribution in [0, 0.1) is 13.8 Å². The van der Waals surface area contributed by atoms with Crippen molar-refractivity contribution in [1.29, 1.82) is 0 Å². The molecule has 1 aliphatic heterocycles. The molecule has 5 aromatic rings. The maximum atomic E-state index is 5.67. The Morgan fingerprint density at radius 1 is 0.886 bits per heavy atom. The van der Waals surface area contributed by atoms with Crippen LogP contribution in [0.4, 0.5) is 11.4 Å². The maximum absolute atomic E-state index is 5.67. The van der Waals surface area contributed by atoms with Gasteiger partial charge in [0, 0.05) is 22.7 Å². The molecular weight excluding hydrogens is 591 g/mol. The van der Waals surface area contributed by atoms with Gasteiger partial charge in [0.15, 0.2) is 11.5 Å². The van der Waals surface area contributed by atoms with Crippen LogP contribution in [0.5, 0.6) is 17.2 Å². The summed E-state index contributed by atoms with van der Waals surface area (Å²) >= 11 is 3.20. The number of anilines is 1. The van der Waals surface area contributed by atoms with E-state index in [1.807, 2.05) is 58.4 Å². The second-order valence-corrected chi connectivity index (χ2v) is 11.8. The van der Waals surface area contributed by atoms with E-state index in [0.717, 1.165) is 38.6 Å². The third-order valence-electron chi connectivity index (χ3n) is 7.55. The number of nitrogens with one attached hydrogen (secondary N) is 1. The molecule has 0 fully saturated rings. The number of hydrazine groups is 1. The van der Waals surface area contributed by atoms with E-state index in [1.165, 1.54) is 22.5 Å². The van der Waals surface area contributed by atoms with Crippen molar-refractivity contribution in [1.82, 2.24) is 10.1 Å². The van der Waals surface area contributed by atoms with Crippen LogP contribution in [0.25, 0.3) is 11.3 Å². The number of rotatable bonds is 9. The van der Waals surface area contributed by atoms with Crippen molar-refractivity contribution in [2.45, 2.75) is 19.9 Å². The molecule has 0 bridgehead atoms. The molecule has 10 heteroatoms. The minimum Gasteiger partial charge on any atom is -0.493 e. The number of hydrogen-bond acceptors (Lipinski definition) is 9. The summed E-state index contributed by atoms with van der Waals surface area (Å²) in [7, 11) is 4.83. The van der Waals surface area contributed by atoms with Crippen molar-refractivity contribution in [3.05, 3.63) is 116 Å². The van der Waals surface area contributed by atoms with E-state index in [1.54, 1.807) is 32.7 Å². The summed E-state index contributed by atoms with van der Waals surface area (Å²) in [6.07, 6.45) is 4.00. The lowest BCUT2D eigenvalue weighted by molar-refractivity contribution is 0.324. The van der Waals surface area contributed by atoms with E-state index in [9.17, 15) is 0 Å². The molecule has 1 unspecified atom stereocenters. The van der Waals surface area contributed by atoms with Crippen LogP contribution in [-0.2, 0) is 0 Å². The van der Waals surface area contributed by atoms with E-state index in [4.69, 9.17) is 24.3 Å². The van der Waals surface area contributed by atoms with Gasteiger partial charge < -0.3 is 14.2 Å². The summed E-state index contributed by atoms with van der Waals surface area (Å²) in [6.45, 7) is 4.19. The first-order chi connectivity index (χ1) is 21.5. The van der Waals surface area contributed by atoms with Gasteiger partial charge in [0.05, 0.1) is 50.7 Å². The number of hydrogen-bond donors (Lipinski definition) is 1. The van der Waals surface area contributed by atoms with Crippen molar-refractivity contribution in [2.24, 2.45) is 10.1 Å². The van der Waals surface area contributed by atoms with Crippen LogP contribution in [0.3, 0.4) is 0 Å². The third-order valence-corrected chi connectivity index (χ3v) is 9.07. The van der Waals surface area contributed by atoms with Crippen LogP contribution in [0.15, 0.2) is 105 Å². The molecule has 3 heterocycles.